The van der Waals surface area contributed by atoms with Crippen LogP contribution in [0.15, 0.2) is 0 Å². The van der Waals surface area contributed by atoms with E-state index in [4.69, 9.17) is 0 Å². The molecule has 3 unspecified atom stereocenters. The SMILES string of the molecule is CC1(NC2CCCC(S(C)(=O)=O)C2)CCNC1. The van der Waals surface area contributed by atoms with Gasteiger partial charge in [-0.1, -0.05) is 6.42 Å². The summed E-state index contributed by atoms with van der Waals surface area (Å²) in [5.41, 5.74) is 0.157. The van der Waals surface area contributed by atoms with E-state index in [1.54, 1.807) is 0 Å². The van der Waals surface area contributed by atoms with Gasteiger partial charge < -0.3 is 10.6 Å². The zero-order chi connectivity index (χ0) is 12.5. The molecule has 1 saturated heterocycles. The Morgan fingerprint density at radius 2 is 2.12 bits per heavy atom. The quantitative estimate of drug-likeness (QED) is 0.783. The Hall–Kier alpha value is -0.130. The summed E-state index contributed by atoms with van der Waals surface area (Å²) in [6.07, 6.45) is 6.27. The molecule has 0 radical (unpaired) electrons. The minimum absolute atomic E-state index is 0.133. The molecule has 0 aromatic carbocycles. The predicted octanol–water partition coefficient (Wildman–Crippen LogP) is 0.684. The van der Waals surface area contributed by atoms with Crippen LogP contribution in [0.25, 0.3) is 0 Å². The predicted molar refractivity (Wildman–Crippen MR) is 69.9 cm³/mol. The Bertz CT molecular complexity index is 361. The molecule has 3 atom stereocenters. The monoisotopic (exact) mass is 260 g/mol. The molecule has 17 heavy (non-hydrogen) atoms. The third-order valence-electron chi connectivity index (χ3n) is 4.15. The molecule has 1 heterocycles. The number of hydrogen-bond acceptors (Lipinski definition) is 4. The van der Waals surface area contributed by atoms with Crippen LogP contribution in [0.1, 0.15) is 39.0 Å². The Balaban J connectivity index is 1.94. The van der Waals surface area contributed by atoms with Crippen molar-refractivity contribution in [3.8, 4) is 0 Å². The fraction of sp³-hybridized carbons (Fsp3) is 1.00. The average Bonchev–Trinajstić information content (AvgIpc) is 2.64. The van der Waals surface area contributed by atoms with E-state index in [2.05, 4.69) is 17.6 Å². The smallest absolute Gasteiger partial charge is 0.150 e. The lowest BCUT2D eigenvalue weighted by molar-refractivity contribution is 0.279. The third-order valence-corrected chi connectivity index (χ3v) is 5.79. The molecule has 1 saturated carbocycles. The minimum atomic E-state index is -2.87. The molecule has 2 N–H and O–H groups in total. The van der Waals surface area contributed by atoms with Crippen LogP contribution >= 0.6 is 0 Å². The van der Waals surface area contributed by atoms with Crippen LogP contribution in [-0.2, 0) is 9.84 Å². The van der Waals surface area contributed by atoms with Gasteiger partial charge in [0.05, 0.1) is 5.25 Å². The minimum Gasteiger partial charge on any atom is -0.315 e. The van der Waals surface area contributed by atoms with Crippen LogP contribution in [0.2, 0.25) is 0 Å². The van der Waals surface area contributed by atoms with E-state index in [1.807, 2.05) is 0 Å². The van der Waals surface area contributed by atoms with E-state index in [0.29, 0.717) is 6.04 Å². The molecule has 5 heteroatoms. The average molecular weight is 260 g/mol. The topological polar surface area (TPSA) is 58.2 Å². The second-order valence-electron chi connectivity index (χ2n) is 5.95. The fourth-order valence-electron chi connectivity index (χ4n) is 3.10. The summed E-state index contributed by atoms with van der Waals surface area (Å²) in [5.74, 6) is 0. The van der Waals surface area contributed by atoms with Gasteiger partial charge in [0, 0.05) is 24.4 Å². The van der Waals surface area contributed by atoms with Crippen molar-refractivity contribution >= 4 is 9.84 Å². The van der Waals surface area contributed by atoms with Gasteiger partial charge in [-0.2, -0.15) is 0 Å². The highest BCUT2D eigenvalue weighted by Gasteiger charge is 2.34. The first-order chi connectivity index (χ1) is 7.89. The maximum Gasteiger partial charge on any atom is 0.150 e. The number of sulfone groups is 1. The number of nitrogens with one attached hydrogen (secondary N) is 2. The summed E-state index contributed by atoms with van der Waals surface area (Å²) in [6.45, 7) is 4.29. The van der Waals surface area contributed by atoms with Gasteiger partial charge in [-0.3, -0.25) is 0 Å². The zero-order valence-corrected chi connectivity index (χ0v) is 11.6. The van der Waals surface area contributed by atoms with Crippen molar-refractivity contribution < 1.29 is 8.42 Å². The van der Waals surface area contributed by atoms with E-state index in [1.165, 1.54) is 6.26 Å². The molecule has 2 aliphatic rings. The summed E-state index contributed by atoms with van der Waals surface area (Å²) in [7, 11) is -2.87. The third kappa shape index (κ3) is 3.42. The van der Waals surface area contributed by atoms with E-state index >= 15 is 0 Å². The molecule has 0 bridgehead atoms. The van der Waals surface area contributed by atoms with Gasteiger partial charge in [-0.25, -0.2) is 8.42 Å². The first kappa shape index (κ1) is 13.3. The summed E-state index contributed by atoms with van der Waals surface area (Å²) in [5, 5.41) is 6.90. The molecule has 2 fully saturated rings. The second kappa shape index (κ2) is 4.86. The highest BCUT2D eigenvalue weighted by molar-refractivity contribution is 7.91. The van der Waals surface area contributed by atoms with Crippen molar-refractivity contribution in [1.82, 2.24) is 10.6 Å². The molecule has 0 spiro atoms. The summed E-state index contributed by atoms with van der Waals surface area (Å²) >= 11 is 0. The highest BCUT2D eigenvalue weighted by atomic mass is 32.2. The van der Waals surface area contributed by atoms with Gasteiger partial charge in [0.2, 0.25) is 0 Å². The van der Waals surface area contributed by atoms with Crippen molar-refractivity contribution in [2.45, 2.75) is 55.9 Å². The molecule has 4 nitrogen and oxygen atoms in total. The second-order valence-corrected chi connectivity index (χ2v) is 8.27. The molecule has 1 aliphatic carbocycles. The molecular formula is C12H24N2O2S. The fourth-order valence-corrected chi connectivity index (χ4v) is 4.27. The summed E-state index contributed by atoms with van der Waals surface area (Å²) < 4.78 is 23.2. The van der Waals surface area contributed by atoms with Crippen LogP contribution in [-0.4, -0.2) is 44.6 Å². The standard InChI is InChI=1S/C12H24N2O2S/c1-12(6-7-13-9-12)14-10-4-3-5-11(8-10)17(2,15)16/h10-11,13-14H,3-9H2,1-2H3. The van der Waals surface area contributed by atoms with Crippen molar-refractivity contribution in [2.24, 2.45) is 0 Å². The normalized spacial score (nSPS) is 39.4. The molecule has 0 aromatic rings. The van der Waals surface area contributed by atoms with Gasteiger partial charge >= 0.3 is 0 Å². The highest BCUT2D eigenvalue weighted by Crippen LogP contribution is 2.26. The van der Waals surface area contributed by atoms with E-state index in [9.17, 15) is 8.42 Å². The van der Waals surface area contributed by atoms with E-state index < -0.39 is 9.84 Å². The Morgan fingerprint density at radius 3 is 2.71 bits per heavy atom. The van der Waals surface area contributed by atoms with Gasteiger partial charge in [0.15, 0.2) is 0 Å². The lowest BCUT2D eigenvalue weighted by Gasteiger charge is -2.35. The van der Waals surface area contributed by atoms with E-state index in [0.717, 1.165) is 45.2 Å². The van der Waals surface area contributed by atoms with Gasteiger partial charge in [0.1, 0.15) is 9.84 Å². The van der Waals surface area contributed by atoms with Crippen molar-refractivity contribution in [3.05, 3.63) is 0 Å². The lowest BCUT2D eigenvalue weighted by atomic mass is 9.91. The Labute approximate surface area is 104 Å². The van der Waals surface area contributed by atoms with Crippen molar-refractivity contribution in [2.75, 3.05) is 19.3 Å². The van der Waals surface area contributed by atoms with Gasteiger partial charge in [-0.05, 0) is 39.2 Å². The Morgan fingerprint density at radius 1 is 1.35 bits per heavy atom. The Kier molecular flexibility index (Phi) is 3.80. The van der Waals surface area contributed by atoms with Gasteiger partial charge in [0.25, 0.3) is 0 Å². The van der Waals surface area contributed by atoms with Crippen LogP contribution < -0.4 is 10.6 Å². The summed E-state index contributed by atoms with van der Waals surface area (Å²) in [6, 6.07) is 0.369. The maximum atomic E-state index is 11.6. The first-order valence-corrected chi connectivity index (χ1v) is 8.52. The van der Waals surface area contributed by atoms with Crippen molar-refractivity contribution in [1.29, 1.82) is 0 Å². The maximum absolute atomic E-state index is 11.6. The summed E-state index contributed by atoms with van der Waals surface area (Å²) in [4.78, 5) is 0. The van der Waals surface area contributed by atoms with E-state index in [-0.39, 0.29) is 10.8 Å². The molecule has 0 amide bonds. The van der Waals surface area contributed by atoms with Crippen LogP contribution in [0.4, 0.5) is 0 Å². The number of hydrogen-bond donors (Lipinski definition) is 2. The first-order valence-electron chi connectivity index (χ1n) is 6.56. The molecule has 0 aromatic heterocycles. The van der Waals surface area contributed by atoms with Crippen LogP contribution in [0.5, 0.6) is 0 Å². The van der Waals surface area contributed by atoms with Crippen molar-refractivity contribution in [3.63, 3.8) is 0 Å². The van der Waals surface area contributed by atoms with Crippen LogP contribution in [0.3, 0.4) is 0 Å². The molecule has 2 rings (SSSR count). The van der Waals surface area contributed by atoms with Crippen LogP contribution in [0, 0.1) is 0 Å². The number of rotatable bonds is 3. The zero-order valence-electron chi connectivity index (χ0n) is 10.8. The van der Waals surface area contributed by atoms with Gasteiger partial charge in [-0.15, -0.1) is 0 Å². The largest absolute Gasteiger partial charge is 0.315 e. The molecular weight excluding hydrogens is 236 g/mol. The lowest BCUT2D eigenvalue weighted by Crippen LogP contribution is -2.52. The molecule has 1 aliphatic heterocycles. The molecule has 100 valence electrons.